The van der Waals surface area contributed by atoms with E-state index in [-0.39, 0.29) is 5.56 Å². The van der Waals surface area contributed by atoms with Gasteiger partial charge in [-0.1, -0.05) is 5.16 Å². The van der Waals surface area contributed by atoms with E-state index in [1.54, 1.807) is 36.9 Å². The maximum Gasteiger partial charge on any atom is 0.266 e. The zero-order chi connectivity index (χ0) is 18.5. The summed E-state index contributed by atoms with van der Waals surface area (Å²) in [6.45, 7) is 0. The third kappa shape index (κ3) is 2.20. The van der Waals surface area contributed by atoms with Crippen molar-refractivity contribution in [2.75, 3.05) is 7.11 Å². The lowest BCUT2D eigenvalue weighted by Crippen LogP contribution is -2.21. The van der Waals surface area contributed by atoms with Crippen molar-refractivity contribution in [1.82, 2.24) is 19.1 Å². The van der Waals surface area contributed by atoms with Gasteiger partial charge in [0.1, 0.15) is 12.9 Å². The number of fused-ring (bicyclic) bond motifs is 4. The number of halogens is 1. The van der Waals surface area contributed by atoms with Gasteiger partial charge in [-0.3, -0.25) is 9.36 Å². The molecule has 0 atom stereocenters. The number of oxime groups is 1. The van der Waals surface area contributed by atoms with Crippen LogP contribution >= 0.6 is 0 Å². The van der Waals surface area contributed by atoms with Crippen LogP contribution in [-0.2, 0) is 4.84 Å². The average Bonchev–Trinajstić information content (AvgIpc) is 3.29. The highest BCUT2D eigenvalue weighted by Gasteiger charge is 2.30. The normalized spacial score (nSPS) is 13.8. The second-order valence-electron chi connectivity index (χ2n) is 6.03. The molecule has 2 aromatic carbocycles. The van der Waals surface area contributed by atoms with Crippen molar-refractivity contribution >= 4 is 16.6 Å². The zero-order valence-corrected chi connectivity index (χ0v) is 14.1. The highest BCUT2D eigenvalue weighted by atomic mass is 19.1. The summed E-state index contributed by atoms with van der Waals surface area (Å²) in [4.78, 5) is 26.7. The molecular formula is C19H12FN5O2. The molecule has 5 rings (SSSR count). The van der Waals surface area contributed by atoms with Gasteiger partial charge in [-0.2, -0.15) is 0 Å². The number of nitrogens with zero attached hydrogens (tertiary/aromatic N) is 5. The van der Waals surface area contributed by atoms with Crippen LogP contribution < -0.4 is 5.56 Å². The van der Waals surface area contributed by atoms with E-state index < -0.39 is 5.82 Å². The number of hydrogen-bond acceptors (Lipinski definition) is 5. The largest absolute Gasteiger partial charge is 0.399 e. The molecule has 132 valence electrons. The summed E-state index contributed by atoms with van der Waals surface area (Å²) in [5.74, 6) is -0.108. The first-order chi connectivity index (χ1) is 13.2. The molecule has 2 aromatic heterocycles. The Hall–Kier alpha value is -3.81. The molecular weight excluding hydrogens is 349 g/mol. The molecule has 0 bridgehead atoms. The van der Waals surface area contributed by atoms with Gasteiger partial charge in [0.05, 0.1) is 22.9 Å². The van der Waals surface area contributed by atoms with Crippen LogP contribution in [0.1, 0.15) is 11.4 Å². The summed E-state index contributed by atoms with van der Waals surface area (Å²) in [5.41, 5.74) is 2.39. The molecule has 3 heterocycles. The Morgan fingerprint density at radius 3 is 2.85 bits per heavy atom. The average molecular weight is 361 g/mol. The first-order valence-corrected chi connectivity index (χ1v) is 8.14. The molecule has 0 fully saturated rings. The quantitative estimate of drug-likeness (QED) is 0.453. The maximum absolute atomic E-state index is 13.8. The molecule has 0 N–H and O–H groups in total. The molecule has 0 amide bonds. The third-order valence-corrected chi connectivity index (χ3v) is 4.50. The minimum absolute atomic E-state index is 0.249. The van der Waals surface area contributed by atoms with Gasteiger partial charge in [0.15, 0.2) is 11.5 Å². The topological polar surface area (TPSA) is 74.3 Å². The molecule has 4 aromatic rings. The molecule has 7 nitrogen and oxygen atoms in total. The van der Waals surface area contributed by atoms with Gasteiger partial charge < -0.3 is 9.40 Å². The molecule has 0 saturated heterocycles. The van der Waals surface area contributed by atoms with Gasteiger partial charge in [0.25, 0.3) is 5.56 Å². The smallest absolute Gasteiger partial charge is 0.266 e. The molecule has 0 unspecified atom stereocenters. The molecule has 0 aliphatic carbocycles. The van der Waals surface area contributed by atoms with Crippen LogP contribution in [0, 0.1) is 5.82 Å². The molecule has 27 heavy (non-hydrogen) atoms. The Morgan fingerprint density at radius 1 is 1.19 bits per heavy atom. The fraction of sp³-hybridized carbons (Fsp3) is 0.0526. The van der Waals surface area contributed by atoms with Crippen LogP contribution in [0.4, 0.5) is 4.39 Å². The van der Waals surface area contributed by atoms with Gasteiger partial charge in [-0.05, 0) is 36.4 Å². The standard InChI is InChI=1S/C19H12FN5O2/c1-27-23-17-14-8-11(20)2-5-16(14)25-18(17)22-15-9-12(24-7-6-21-10-24)3-4-13(15)19(25)26/h2-10H,1H3/b23-17-. The van der Waals surface area contributed by atoms with Crippen molar-refractivity contribution in [3.05, 3.63) is 82.7 Å². The monoisotopic (exact) mass is 361 g/mol. The first kappa shape index (κ1) is 15.4. The van der Waals surface area contributed by atoms with Gasteiger partial charge in [0.2, 0.25) is 0 Å². The SMILES string of the molecule is CO/N=C1/c2cc(F)ccc2-n2c1nc1cc(-n3ccnc3)ccc1c2=O. The van der Waals surface area contributed by atoms with Crippen molar-refractivity contribution in [2.24, 2.45) is 5.16 Å². The fourth-order valence-corrected chi connectivity index (χ4v) is 3.32. The zero-order valence-electron chi connectivity index (χ0n) is 14.1. The van der Waals surface area contributed by atoms with E-state index >= 15 is 0 Å². The van der Waals surface area contributed by atoms with Gasteiger partial charge >= 0.3 is 0 Å². The number of rotatable bonds is 2. The van der Waals surface area contributed by atoms with Crippen LogP contribution in [0.25, 0.3) is 22.3 Å². The molecule has 8 heteroatoms. The van der Waals surface area contributed by atoms with E-state index in [1.807, 2.05) is 10.6 Å². The number of imidazole rings is 1. The Bertz CT molecular complexity index is 1290. The van der Waals surface area contributed by atoms with Gasteiger partial charge in [-0.25, -0.2) is 14.4 Å². The molecule has 0 radical (unpaired) electrons. The summed E-state index contributed by atoms with van der Waals surface area (Å²) >= 11 is 0. The highest BCUT2D eigenvalue weighted by Crippen LogP contribution is 2.28. The summed E-state index contributed by atoms with van der Waals surface area (Å²) in [6, 6.07) is 9.51. The summed E-state index contributed by atoms with van der Waals surface area (Å²) in [6.07, 6.45) is 5.14. The Balaban J connectivity index is 1.83. The molecule has 1 aliphatic heterocycles. The molecule has 1 aliphatic rings. The van der Waals surface area contributed by atoms with Crippen LogP contribution in [0.2, 0.25) is 0 Å². The Labute approximate surface area is 152 Å². The van der Waals surface area contributed by atoms with E-state index in [2.05, 4.69) is 15.1 Å². The second-order valence-corrected chi connectivity index (χ2v) is 6.03. The summed E-state index contributed by atoms with van der Waals surface area (Å²) in [7, 11) is 1.39. The van der Waals surface area contributed by atoms with Crippen molar-refractivity contribution in [2.45, 2.75) is 0 Å². The molecule has 0 spiro atoms. The third-order valence-electron chi connectivity index (χ3n) is 4.50. The van der Waals surface area contributed by atoms with Crippen LogP contribution in [-0.4, -0.2) is 31.9 Å². The van der Waals surface area contributed by atoms with Crippen LogP contribution in [0.15, 0.2) is 65.1 Å². The number of benzene rings is 2. The van der Waals surface area contributed by atoms with Crippen LogP contribution in [0.3, 0.4) is 0 Å². The Kier molecular flexibility index (Phi) is 3.20. The van der Waals surface area contributed by atoms with E-state index in [0.717, 1.165) is 5.69 Å². The first-order valence-electron chi connectivity index (χ1n) is 8.14. The van der Waals surface area contributed by atoms with Crippen molar-refractivity contribution in [1.29, 1.82) is 0 Å². The predicted molar refractivity (Wildman–Crippen MR) is 97.1 cm³/mol. The number of aromatic nitrogens is 4. The maximum atomic E-state index is 13.8. The van der Waals surface area contributed by atoms with Crippen molar-refractivity contribution in [3.8, 4) is 11.4 Å². The van der Waals surface area contributed by atoms with Crippen molar-refractivity contribution < 1.29 is 9.23 Å². The van der Waals surface area contributed by atoms with E-state index in [0.29, 0.717) is 33.7 Å². The second kappa shape index (κ2) is 5.60. The predicted octanol–water partition coefficient (Wildman–Crippen LogP) is 2.42. The lowest BCUT2D eigenvalue weighted by Gasteiger charge is -2.08. The lowest BCUT2D eigenvalue weighted by molar-refractivity contribution is 0.214. The van der Waals surface area contributed by atoms with Crippen LogP contribution in [0.5, 0.6) is 0 Å². The summed E-state index contributed by atoms with van der Waals surface area (Å²) in [5, 5.41) is 4.44. The fourth-order valence-electron chi connectivity index (χ4n) is 3.32. The summed E-state index contributed by atoms with van der Waals surface area (Å²) < 4.78 is 17.0. The minimum Gasteiger partial charge on any atom is -0.399 e. The van der Waals surface area contributed by atoms with E-state index in [4.69, 9.17) is 4.84 Å². The molecule has 0 saturated carbocycles. The highest BCUT2D eigenvalue weighted by molar-refractivity contribution is 6.16. The minimum atomic E-state index is -0.426. The van der Waals surface area contributed by atoms with E-state index in [9.17, 15) is 9.18 Å². The van der Waals surface area contributed by atoms with E-state index in [1.165, 1.54) is 23.8 Å². The number of hydrogen-bond donors (Lipinski definition) is 0. The van der Waals surface area contributed by atoms with Gasteiger partial charge in [-0.15, -0.1) is 0 Å². The van der Waals surface area contributed by atoms with Crippen molar-refractivity contribution in [3.63, 3.8) is 0 Å². The van der Waals surface area contributed by atoms with Gasteiger partial charge in [0, 0.05) is 23.6 Å². The Morgan fingerprint density at radius 2 is 2.07 bits per heavy atom. The lowest BCUT2D eigenvalue weighted by atomic mass is 10.1.